The molecule has 7 heteroatoms. The van der Waals surface area contributed by atoms with Gasteiger partial charge in [-0.2, -0.15) is 13.2 Å². The Morgan fingerprint density at radius 2 is 2.05 bits per heavy atom. The summed E-state index contributed by atoms with van der Waals surface area (Å²) >= 11 is 0. The van der Waals surface area contributed by atoms with Crippen LogP contribution in [-0.4, -0.2) is 29.6 Å². The topological polar surface area (TPSA) is 49.8 Å². The zero-order valence-electron chi connectivity index (χ0n) is 10.7. The second-order valence-electron chi connectivity index (χ2n) is 5.18. The summed E-state index contributed by atoms with van der Waals surface area (Å²) in [5.41, 5.74) is -0.844. The fourth-order valence-electron chi connectivity index (χ4n) is 2.10. The van der Waals surface area contributed by atoms with Gasteiger partial charge in [-0.3, -0.25) is 0 Å². The van der Waals surface area contributed by atoms with Gasteiger partial charge >= 0.3 is 6.18 Å². The van der Waals surface area contributed by atoms with Crippen molar-refractivity contribution in [2.24, 2.45) is 5.41 Å². The molecule has 2 rings (SSSR count). The van der Waals surface area contributed by atoms with E-state index >= 15 is 0 Å². The third kappa shape index (κ3) is 3.79. The van der Waals surface area contributed by atoms with Crippen LogP contribution in [-0.2, 0) is 6.18 Å². The van der Waals surface area contributed by atoms with Gasteiger partial charge in [0.1, 0.15) is 5.69 Å². The molecular weight excluding hydrogens is 257 g/mol. The number of hydrogen-bond acceptors (Lipinski definition) is 4. The van der Waals surface area contributed by atoms with E-state index in [0.717, 1.165) is 38.2 Å². The van der Waals surface area contributed by atoms with Crippen LogP contribution in [0.15, 0.2) is 12.3 Å². The lowest BCUT2D eigenvalue weighted by atomic mass is 9.81. The minimum atomic E-state index is -4.43. The van der Waals surface area contributed by atoms with Crippen LogP contribution in [0, 0.1) is 5.41 Å². The van der Waals surface area contributed by atoms with Gasteiger partial charge in [-0.25, -0.2) is 9.97 Å². The number of anilines is 1. The highest BCUT2D eigenvalue weighted by Crippen LogP contribution is 2.29. The minimum Gasteiger partial charge on any atom is -0.354 e. The normalized spacial score (nSPS) is 19.2. The molecule has 0 atom stereocenters. The first-order chi connectivity index (χ1) is 8.89. The van der Waals surface area contributed by atoms with Crippen LogP contribution < -0.4 is 10.6 Å². The molecule has 0 aromatic carbocycles. The van der Waals surface area contributed by atoms with Gasteiger partial charge in [0.05, 0.1) is 0 Å². The summed E-state index contributed by atoms with van der Waals surface area (Å²) in [4.78, 5) is 7.33. The van der Waals surface area contributed by atoms with Crippen LogP contribution >= 0.6 is 0 Å². The number of halogens is 3. The molecule has 1 aliphatic rings. The van der Waals surface area contributed by atoms with Crippen molar-refractivity contribution in [1.82, 2.24) is 15.3 Å². The van der Waals surface area contributed by atoms with Crippen molar-refractivity contribution >= 4 is 5.95 Å². The van der Waals surface area contributed by atoms with E-state index in [1.807, 2.05) is 0 Å². The van der Waals surface area contributed by atoms with E-state index in [1.54, 1.807) is 0 Å². The second-order valence-corrected chi connectivity index (χ2v) is 5.18. The van der Waals surface area contributed by atoms with Gasteiger partial charge in [0.25, 0.3) is 0 Å². The lowest BCUT2D eigenvalue weighted by molar-refractivity contribution is -0.141. The van der Waals surface area contributed by atoms with Crippen LogP contribution in [0.1, 0.15) is 25.5 Å². The number of aromatic nitrogens is 2. The van der Waals surface area contributed by atoms with Crippen molar-refractivity contribution < 1.29 is 13.2 Å². The average molecular weight is 274 g/mol. The molecule has 4 nitrogen and oxygen atoms in total. The van der Waals surface area contributed by atoms with E-state index in [1.165, 1.54) is 0 Å². The summed E-state index contributed by atoms with van der Waals surface area (Å²) in [7, 11) is 0. The van der Waals surface area contributed by atoms with E-state index in [2.05, 4.69) is 27.5 Å². The fourth-order valence-corrected chi connectivity index (χ4v) is 2.10. The van der Waals surface area contributed by atoms with Gasteiger partial charge < -0.3 is 10.6 Å². The zero-order valence-corrected chi connectivity index (χ0v) is 10.7. The zero-order chi connectivity index (χ0) is 13.9. The minimum absolute atomic E-state index is 0.0367. The summed E-state index contributed by atoms with van der Waals surface area (Å²) in [6, 6.07) is 0.872. The first kappa shape index (κ1) is 14.0. The van der Waals surface area contributed by atoms with Crippen molar-refractivity contribution in [3.8, 4) is 0 Å². The predicted octanol–water partition coefficient (Wildman–Crippen LogP) is 2.30. The first-order valence-electron chi connectivity index (χ1n) is 6.24. The number of nitrogens with one attached hydrogen (secondary N) is 2. The van der Waals surface area contributed by atoms with Crippen LogP contribution in [0.3, 0.4) is 0 Å². The molecule has 19 heavy (non-hydrogen) atoms. The van der Waals surface area contributed by atoms with Gasteiger partial charge in [0, 0.05) is 12.7 Å². The molecule has 1 aromatic heterocycles. The van der Waals surface area contributed by atoms with E-state index in [-0.39, 0.29) is 11.4 Å². The quantitative estimate of drug-likeness (QED) is 0.888. The lowest BCUT2D eigenvalue weighted by Gasteiger charge is -2.34. The maximum absolute atomic E-state index is 12.5. The average Bonchev–Trinajstić information content (AvgIpc) is 2.37. The molecule has 0 bridgehead atoms. The summed E-state index contributed by atoms with van der Waals surface area (Å²) in [5, 5.41) is 6.18. The molecule has 0 spiro atoms. The molecule has 0 radical (unpaired) electrons. The summed E-state index contributed by atoms with van der Waals surface area (Å²) in [6.07, 6.45) is -1.33. The highest BCUT2D eigenvalue weighted by Gasteiger charge is 2.33. The Balaban J connectivity index is 1.99. The van der Waals surface area contributed by atoms with Crippen LogP contribution in [0.5, 0.6) is 0 Å². The third-order valence-corrected chi connectivity index (χ3v) is 3.43. The number of hydrogen-bond donors (Lipinski definition) is 2. The van der Waals surface area contributed by atoms with Gasteiger partial charge in [0.15, 0.2) is 0 Å². The molecule has 0 unspecified atom stereocenters. The van der Waals surface area contributed by atoms with Crippen molar-refractivity contribution in [3.05, 3.63) is 18.0 Å². The van der Waals surface area contributed by atoms with E-state index < -0.39 is 11.9 Å². The van der Waals surface area contributed by atoms with Crippen LogP contribution in [0.25, 0.3) is 0 Å². The van der Waals surface area contributed by atoms with Gasteiger partial charge in [-0.15, -0.1) is 0 Å². The third-order valence-electron chi connectivity index (χ3n) is 3.43. The Hall–Kier alpha value is -1.37. The standard InChI is InChI=1S/C12H17F3N4/c1-11(3-6-16-7-4-11)8-18-10-17-5-2-9(19-10)12(13,14)15/h2,5,16H,3-4,6-8H2,1H3,(H,17,18,19). The SMILES string of the molecule is CC1(CNc2nccc(C(F)(F)F)n2)CCNCC1. The number of nitrogens with zero attached hydrogens (tertiary/aromatic N) is 2. The smallest absolute Gasteiger partial charge is 0.354 e. The summed E-state index contributed by atoms with van der Waals surface area (Å²) < 4.78 is 37.5. The highest BCUT2D eigenvalue weighted by atomic mass is 19.4. The molecule has 0 saturated carbocycles. The Morgan fingerprint density at radius 3 is 2.68 bits per heavy atom. The Morgan fingerprint density at radius 1 is 1.37 bits per heavy atom. The van der Waals surface area contributed by atoms with Gasteiger partial charge in [-0.1, -0.05) is 6.92 Å². The second kappa shape index (κ2) is 5.32. The Labute approximate surface area is 109 Å². The Kier molecular flexibility index (Phi) is 3.93. The molecule has 106 valence electrons. The molecule has 0 aliphatic carbocycles. The molecule has 1 aromatic rings. The van der Waals surface area contributed by atoms with Gasteiger partial charge in [-0.05, 0) is 37.4 Å². The highest BCUT2D eigenvalue weighted by molar-refractivity contribution is 5.26. The largest absolute Gasteiger partial charge is 0.433 e. The van der Waals surface area contributed by atoms with E-state index in [4.69, 9.17) is 0 Å². The summed E-state index contributed by atoms with van der Waals surface area (Å²) in [6.45, 7) is 4.56. The molecule has 2 heterocycles. The monoisotopic (exact) mass is 274 g/mol. The maximum atomic E-state index is 12.5. The van der Waals surface area contributed by atoms with E-state index in [0.29, 0.717) is 6.54 Å². The lowest BCUT2D eigenvalue weighted by Crippen LogP contribution is -2.39. The van der Waals surface area contributed by atoms with Crippen LogP contribution in [0.4, 0.5) is 19.1 Å². The van der Waals surface area contributed by atoms with Gasteiger partial charge in [0.2, 0.25) is 5.95 Å². The van der Waals surface area contributed by atoms with Crippen molar-refractivity contribution in [2.45, 2.75) is 25.9 Å². The van der Waals surface area contributed by atoms with E-state index in [9.17, 15) is 13.2 Å². The van der Waals surface area contributed by atoms with Crippen molar-refractivity contribution in [1.29, 1.82) is 0 Å². The molecule has 1 fully saturated rings. The molecule has 1 aliphatic heterocycles. The predicted molar refractivity (Wildman–Crippen MR) is 65.7 cm³/mol. The molecular formula is C12H17F3N4. The molecule has 0 amide bonds. The maximum Gasteiger partial charge on any atom is 0.433 e. The van der Waals surface area contributed by atoms with Crippen LogP contribution in [0.2, 0.25) is 0 Å². The number of piperidine rings is 1. The number of alkyl halides is 3. The molecule has 1 saturated heterocycles. The first-order valence-corrected chi connectivity index (χ1v) is 6.24. The number of rotatable bonds is 3. The fraction of sp³-hybridized carbons (Fsp3) is 0.667. The van der Waals surface area contributed by atoms with Crippen molar-refractivity contribution in [2.75, 3.05) is 25.0 Å². The Bertz CT molecular complexity index is 427. The summed E-state index contributed by atoms with van der Waals surface area (Å²) in [5.74, 6) is 0.0367. The van der Waals surface area contributed by atoms with Crippen molar-refractivity contribution in [3.63, 3.8) is 0 Å². The molecule has 2 N–H and O–H groups in total.